The molecule has 0 aliphatic rings. The molecular formula is C17H15ClN4. The molecule has 0 fully saturated rings. The third-order valence-electron chi connectivity index (χ3n) is 3.09. The van der Waals surface area contributed by atoms with Gasteiger partial charge in [0.2, 0.25) is 0 Å². The maximum absolute atomic E-state index is 5.98. The van der Waals surface area contributed by atoms with Crippen molar-refractivity contribution in [1.29, 1.82) is 0 Å². The molecule has 0 unspecified atom stereocenters. The summed E-state index contributed by atoms with van der Waals surface area (Å²) in [5, 5.41) is 7.13. The molecule has 5 heteroatoms. The van der Waals surface area contributed by atoms with E-state index in [0.29, 0.717) is 10.8 Å². The molecule has 0 amide bonds. The summed E-state index contributed by atoms with van der Waals surface area (Å²) in [5.41, 5.74) is 3.09. The molecule has 110 valence electrons. The van der Waals surface area contributed by atoms with Crippen molar-refractivity contribution >= 4 is 34.6 Å². The first-order valence-electron chi connectivity index (χ1n) is 6.87. The zero-order valence-electron chi connectivity index (χ0n) is 12.0. The highest BCUT2D eigenvalue weighted by molar-refractivity contribution is 6.30. The Kier molecular flexibility index (Phi) is 4.21. The zero-order chi connectivity index (χ0) is 15.4. The fourth-order valence-corrected chi connectivity index (χ4v) is 2.18. The van der Waals surface area contributed by atoms with Gasteiger partial charge in [-0.3, -0.25) is 0 Å². The highest BCUT2D eigenvalue weighted by Crippen LogP contribution is 2.21. The summed E-state index contributed by atoms with van der Waals surface area (Å²) >= 11 is 5.98. The predicted octanol–water partition coefficient (Wildman–Crippen LogP) is 4.93. The summed E-state index contributed by atoms with van der Waals surface area (Å²) in [6.45, 7) is 2.06. The third-order valence-corrected chi connectivity index (χ3v) is 3.32. The van der Waals surface area contributed by atoms with E-state index < -0.39 is 0 Å². The molecule has 0 bridgehead atoms. The zero-order valence-corrected chi connectivity index (χ0v) is 12.8. The van der Waals surface area contributed by atoms with Gasteiger partial charge in [-0.05, 0) is 37.3 Å². The highest BCUT2D eigenvalue weighted by atomic mass is 35.5. The molecule has 3 rings (SSSR count). The summed E-state index contributed by atoms with van der Waals surface area (Å²) in [6, 6.07) is 17.5. The molecule has 22 heavy (non-hydrogen) atoms. The van der Waals surface area contributed by atoms with E-state index in [4.69, 9.17) is 11.6 Å². The van der Waals surface area contributed by atoms with Gasteiger partial charge in [0.05, 0.1) is 0 Å². The van der Waals surface area contributed by atoms with Crippen LogP contribution in [0.2, 0.25) is 5.02 Å². The predicted molar refractivity (Wildman–Crippen MR) is 91.2 cm³/mol. The molecule has 0 aliphatic carbocycles. The van der Waals surface area contributed by atoms with Crippen LogP contribution >= 0.6 is 11.6 Å². The minimum Gasteiger partial charge on any atom is -0.340 e. The largest absolute Gasteiger partial charge is 0.340 e. The molecule has 1 aromatic heterocycles. The molecule has 3 aromatic rings. The van der Waals surface area contributed by atoms with Crippen LogP contribution in [0.3, 0.4) is 0 Å². The molecule has 2 N–H and O–H groups in total. The number of aryl methyl sites for hydroxylation is 1. The molecule has 2 aromatic carbocycles. The lowest BCUT2D eigenvalue weighted by atomic mass is 10.2. The third kappa shape index (κ3) is 3.74. The maximum Gasteiger partial charge on any atom is 0.135 e. The summed E-state index contributed by atoms with van der Waals surface area (Å²) in [7, 11) is 0. The van der Waals surface area contributed by atoms with Crippen molar-refractivity contribution in [3.05, 3.63) is 71.5 Å². The van der Waals surface area contributed by atoms with E-state index in [1.165, 1.54) is 11.9 Å². The molecule has 0 aliphatic heterocycles. The Morgan fingerprint density at radius 1 is 0.818 bits per heavy atom. The number of hydrogen-bond acceptors (Lipinski definition) is 4. The summed E-state index contributed by atoms with van der Waals surface area (Å²) < 4.78 is 0. The van der Waals surface area contributed by atoms with Crippen LogP contribution < -0.4 is 10.6 Å². The number of benzene rings is 2. The summed E-state index contributed by atoms with van der Waals surface area (Å²) in [6.07, 6.45) is 1.52. The number of rotatable bonds is 4. The van der Waals surface area contributed by atoms with E-state index in [0.717, 1.165) is 17.2 Å². The number of halogens is 1. The van der Waals surface area contributed by atoms with Crippen LogP contribution in [0.1, 0.15) is 5.56 Å². The Morgan fingerprint density at radius 3 is 2.18 bits per heavy atom. The van der Waals surface area contributed by atoms with Crippen LogP contribution in [0.4, 0.5) is 23.0 Å². The molecule has 0 spiro atoms. The Morgan fingerprint density at radius 2 is 1.50 bits per heavy atom. The second-order valence-electron chi connectivity index (χ2n) is 4.91. The van der Waals surface area contributed by atoms with Crippen LogP contribution in [-0.4, -0.2) is 9.97 Å². The van der Waals surface area contributed by atoms with Gasteiger partial charge in [-0.15, -0.1) is 0 Å². The van der Waals surface area contributed by atoms with Crippen LogP contribution in [0.5, 0.6) is 0 Å². The lowest BCUT2D eigenvalue weighted by Gasteiger charge is -2.09. The van der Waals surface area contributed by atoms with Crippen molar-refractivity contribution in [1.82, 2.24) is 9.97 Å². The van der Waals surface area contributed by atoms with E-state index in [2.05, 4.69) is 39.7 Å². The molecule has 4 nitrogen and oxygen atoms in total. The van der Waals surface area contributed by atoms with Gasteiger partial charge >= 0.3 is 0 Å². The van der Waals surface area contributed by atoms with Crippen LogP contribution in [-0.2, 0) is 0 Å². The first kappa shape index (κ1) is 14.4. The molecule has 1 heterocycles. The van der Waals surface area contributed by atoms with Gasteiger partial charge in [0.25, 0.3) is 0 Å². The fourth-order valence-electron chi connectivity index (χ4n) is 1.99. The minimum absolute atomic E-state index is 0.678. The Balaban J connectivity index is 1.76. The SMILES string of the molecule is Cc1ccc(Nc2cc(Nc3cccc(Cl)c3)ncn2)cc1. The number of anilines is 4. The average Bonchev–Trinajstić information content (AvgIpc) is 2.50. The van der Waals surface area contributed by atoms with E-state index in [1.54, 1.807) is 0 Å². The van der Waals surface area contributed by atoms with Gasteiger partial charge in [0, 0.05) is 22.5 Å². The number of nitrogens with one attached hydrogen (secondary N) is 2. The van der Waals surface area contributed by atoms with Crippen molar-refractivity contribution < 1.29 is 0 Å². The van der Waals surface area contributed by atoms with Crippen LogP contribution in [0.15, 0.2) is 60.9 Å². The molecule has 0 saturated carbocycles. The van der Waals surface area contributed by atoms with Gasteiger partial charge in [-0.2, -0.15) is 0 Å². The lowest BCUT2D eigenvalue weighted by molar-refractivity contribution is 1.17. The monoisotopic (exact) mass is 310 g/mol. The first-order valence-corrected chi connectivity index (χ1v) is 7.25. The van der Waals surface area contributed by atoms with Gasteiger partial charge in [-0.25, -0.2) is 9.97 Å². The van der Waals surface area contributed by atoms with Crippen molar-refractivity contribution in [2.45, 2.75) is 6.92 Å². The van der Waals surface area contributed by atoms with Crippen molar-refractivity contribution in [3.8, 4) is 0 Å². The summed E-state index contributed by atoms with van der Waals surface area (Å²) in [5.74, 6) is 1.43. The smallest absolute Gasteiger partial charge is 0.135 e. The first-order chi connectivity index (χ1) is 10.7. The normalized spacial score (nSPS) is 10.3. The maximum atomic E-state index is 5.98. The number of aromatic nitrogens is 2. The summed E-state index contributed by atoms with van der Waals surface area (Å²) in [4.78, 5) is 8.44. The Labute approximate surface area is 134 Å². The topological polar surface area (TPSA) is 49.8 Å². The van der Waals surface area contributed by atoms with Crippen molar-refractivity contribution in [3.63, 3.8) is 0 Å². The second kappa shape index (κ2) is 6.45. The average molecular weight is 311 g/mol. The Hall–Kier alpha value is -2.59. The molecule has 0 saturated heterocycles. The minimum atomic E-state index is 0.678. The van der Waals surface area contributed by atoms with Gasteiger partial charge < -0.3 is 10.6 Å². The van der Waals surface area contributed by atoms with Crippen molar-refractivity contribution in [2.24, 2.45) is 0 Å². The highest BCUT2D eigenvalue weighted by Gasteiger charge is 2.01. The molecular weight excluding hydrogens is 296 g/mol. The molecule has 0 atom stereocenters. The van der Waals surface area contributed by atoms with E-state index in [1.807, 2.05) is 42.5 Å². The van der Waals surface area contributed by atoms with E-state index in [-0.39, 0.29) is 0 Å². The van der Waals surface area contributed by atoms with Crippen LogP contribution in [0.25, 0.3) is 0 Å². The van der Waals surface area contributed by atoms with E-state index >= 15 is 0 Å². The van der Waals surface area contributed by atoms with Gasteiger partial charge in [0.15, 0.2) is 0 Å². The second-order valence-corrected chi connectivity index (χ2v) is 5.35. The fraction of sp³-hybridized carbons (Fsp3) is 0.0588. The van der Waals surface area contributed by atoms with Gasteiger partial charge in [0.1, 0.15) is 18.0 Å². The molecule has 0 radical (unpaired) electrons. The van der Waals surface area contributed by atoms with E-state index in [9.17, 15) is 0 Å². The van der Waals surface area contributed by atoms with Crippen molar-refractivity contribution in [2.75, 3.05) is 10.6 Å². The van der Waals surface area contributed by atoms with Gasteiger partial charge in [-0.1, -0.05) is 35.4 Å². The lowest BCUT2D eigenvalue weighted by Crippen LogP contribution is -1.98. The number of hydrogen-bond donors (Lipinski definition) is 2. The number of nitrogens with zero attached hydrogens (tertiary/aromatic N) is 2. The van der Waals surface area contributed by atoms with Crippen LogP contribution in [0, 0.1) is 6.92 Å². The quantitative estimate of drug-likeness (QED) is 0.717. The Bertz CT molecular complexity index is 772. The standard InChI is InChI=1S/C17H15ClN4/c1-12-5-7-14(8-6-12)21-16-10-17(20-11-19-16)22-15-4-2-3-13(18)9-15/h2-11H,1H3,(H2,19,20,21,22).